The van der Waals surface area contributed by atoms with E-state index in [-0.39, 0.29) is 18.2 Å². The number of nitrogens with one attached hydrogen (secondary N) is 1. The van der Waals surface area contributed by atoms with Crippen molar-refractivity contribution in [2.75, 3.05) is 13.6 Å². The molecule has 6 heteroatoms. The summed E-state index contributed by atoms with van der Waals surface area (Å²) >= 11 is 3.47. The minimum Gasteiger partial charge on any atom is -0.354 e. The summed E-state index contributed by atoms with van der Waals surface area (Å²) in [6, 6.07) is 7.30. The van der Waals surface area contributed by atoms with E-state index in [1.54, 1.807) is 11.9 Å². The molecule has 5 nitrogen and oxygen atoms in total. The molecule has 1 aromatic rings. The van der Waals surface area contributed by atoms with Crippen LogP contribution in [-0.2, 0) is 16.1 Å². The van der Waals surface area contributed by atoms with Crippen LogP contribution in [0.15, 0.2) is 28.7 Å². The van der Waals surface area contributed by atoms with Crippen LogP contribution < -0.4 is 11.1 Å². The van der Waals surface area contributed by atoms with E-state index in [0.29, 0.717) is 19.5 Å². The average Bonchev–Trinajstić information content (AvgIpc) is 2.49. The molecule has 122 valence electrons. The highest BCUT2D eigenvalue weighted by molar-refractivity contribution is 9.10. The molecule has 2 amide bonds. The van der Waals surface area contributed by atoms with Gasteiger partial charge < -0.3 is 16.0 Å². The summed E-state index contributed by atoms with van der Waals surface area (Å²) in [4.78, 5) is 25.4. The second-order valence-corrected chi connectivity index (χ2v) is 6.13. The maximum atomic E-state index is 12.1. The number of hydrogen-bond acceptors (Lipinski definition) is 3. The van der Waals surface area contributed by atoms with Crippen LogP contribution in [0.1, 0.15) is 31.7 Å². The van der Waals surface area contributed by atoms with E-state index >= 15 is 0 Å². The molecule has 0 radical (unpaired) electrons. The first-order valence-electron chi connectivity index (χ1n) is 7.46. The topological polar surface area (TPSA) is 75.4 Å². The van der Waals surface area contributed by atoms with Gasteiger partial charge in [0.25, 0.3) is 0 Å². The minimum absolute atomic E-state index is 0.0138. The summed E-state index contributed by atoms with van der Waals surface area (Å²) in [7, 11) is 1.76. The second-order valence-electron chi connectivity index (χ2n) is 5.28. The molecule has 0 saturated heterocycles. The minimum atomic E-state index is -0.488. The van der Waals surface area contributed by atoms with Crippen LogP contribution in [0, 0.1) is 0 Å². The van der Waals surface area contributed by atoms with Gasteiger partial charge in [-0.15, -0.1) is 0 Å². The van der Waals surface area contributed by atoms with Crippen LogP contribution in [0.2, 0.25) is 0 Å². The first kappa shape index (κ1) is 18.6. The van der Waals surface area contributed by atoms with Crippen molar-refractivity contribution >= 4 is 27.7 Å². The summed E-state index contributed by atoms with van der Waals surface area (Å²) in [5.74, 6) is -0.205. The first-order valence-corrected chi connectivity index (χ1v) is 8.25. The van der Waals surface area contributed by atoms with Gasteiger partial charge in [0, 0.05) is 31.0 Å². The van der Waals surface area contributed by atoms with Crippen LogP contribution in [-0.4, -0.2) is 36.3 Å². The van der Waals surface area contributed by atoms with E-state index in [9.17, 15) is 9.59 Å². The Morgan fingerprint density at radius 2 is 2.05 bits per heavy atom. The summed E-state index contributed by atoms with van der Waals surface area (Å²) < 4.78 is 0.980. The number of halogens is 1. The Labute approximate surface area is 140 Å². The number of nitrogens with two attached hydrogens (primary N) is 1. The quantitative estimate of drug-likeness (QED) is 0.735. The lowest BCUT2D eigenvalue weighted by Gasteiger charge is -2.18. The molecule has 0 aliphatic heterocycles. The zero-order chi connectivity index (χ0) is 16.5. The Morgan fingerprint density at radius 1 is 1.36 bits per heavy atom. The second kappa shape index (κ2) is 9.58. The van der Waals surface area contributed by atoms with Crippen molar-refractivity contribution in [3.8, 4) is 0 Å². The third-order valence-electron chi connectivity index (χ3n) is 3.37. The number of carbonyl (C=O) groups is 2. The first-order chi connectivity index (χ1) is 10.5. The third-order valence-corrected chi connectivity index (χ3v) is 4.14. The summed E-state index contributed by atoms with van der Waals surface area (Å²) in [6.45, 7) is 2.83. The predicted octanol–water partition coefficient (Wildman–Crippen LogP) is 2.04. The fraction of sp³-hybridized carbons (Fsp3) is 0.500. The normalized spacial score (nSPS) is 11.8. The van der Waals surface area contributed by atoms with E-state index in [1.807, 2.05) is 31.2 Å². The van der Waals surface area contributed by atoms with Crippen molar-refractivity contribution in [2.45, 2.75) is 38.8 Å². The van der Waals surface area contributed by atoms with Gasteiger partial charge >= 0.3 is 0 Å². The Hall–Kier alpha value is -1.40. The van der Waals surface area contributed by atoms with E-state index in [1.165, 1.54) is 0 Å². The Balaban J connectivity index is 2.36. The van der Waals surface area contributed by atoms with Crippen molar-refractivity contribution in [3.05, 3.63) is 34.3 Å². The van der Waals surface area contributed by atoms with Gasteiger partial charge in [-0.2, -0.15) is 0 Å². The van der Waals surface area contributed by atoms with Gasteiger partial charge in [-0.05, 0) is 18.1 Å². The molecule has 1 atom stereocenters. The van der Waals surface area contributed by atoms with Gasteiger partial charge in [0.2, 0.25) is 11.8 Å². The van der Waals surface area contributed by atoms with Gasteiger partial charge in [0.15, 0.2) is 0 Å². The van der Waals surface area contributed by atoms with Crippen molar-refractivity contribution in [2.24, 2.45) is 5.73 Å². The van der Waals surface area contributed by atoms with E-state index in [2.05, 4.69) is 21.2 Å². The molecule has 0 aliphatic carbocycles. The third kappa shape index (κ3) is 6.15. The molecule has 22 heavy (non-hydrogen) atoms. The number of nitrogens with zero attached hydrogens (tertiary/aromatic N) is 1. The van der Waals surface area contributed by atoms with Gasteiger partial charge in [-0.25, -0.2) is 0 Å². The molecule has 0 fully saturated rings. The molecule has 3 N–H and O–H groups in total. The fourth-order valence-electron chi connectivity index (χ4n) is 2.03. The molecule has 0 aliphatic rings. The molecule has 1 unspecified atom stereocenters. The molecule has 0 spiro atoms. The molecular weight excluding hydrogens is 346 g/mol. The molecule has 0 bridgehead atoms. The molecule has 1 aromatic carbocycles. The fourth-order valence-corrected chi connectivity index (χ4v) is 2.44. The van der Waals surface area contributed by atoms with Crippen LogP contribution in [0.5, 0.6) is 0 Å². The molecule has 0 heterocycles. The van der Waals surface area contributed by atoms with Gasteiger partial charge in [-0.3, -0.25) is 9.59 Å². The van der Waals surface area contributed by atoms with Crippen LogP contribution in [0.4, 0.5) is 0 Å². The highest BCUT2D eigenvalue weighted by Crippen LogP contribution is 2.17. The standard InChI is InChI=1S/C16H24BrN3O2/c1-3-6-14(18)16(22)19-10-9-15(21)20(2)11-12-7-4-5-8-13(12)17/h4-5,7-8,14H,3,6,9-11,18H2,1-2H3,(H,19,22). The summed E-state index contributed by atoms with van der Waals surface area (Å²) in [5, 5.41) is 2.71. The zero-order valence-electron chi connectivity index (χ0n) is 13.1. The van der Waals surface area contributed by atoms with E-state index < -0.39 is 6.04 Å². The van der Waals surface area contributed by atoms with Crippen molar-refractivity contribution in [1.29, 1.82) is 0 Å². The predicted molar refractivity (Wildman–Crippen MR) is 91.1 cm³/mol. The van der Waals surface area contributed by atoms with Gasteiger partial charge in [0.05, 0.1) is 6.04 Å². The lowest BCUT2D eigenvalue weighted by Crippen LogP contribution is -2.41. The number of rotatable bonds is 8. The Morgan fingerprint density at radius 3 is 2.68 bits per heavy atom. The maximum Gasteiger partial charge on any atom is 0.236 e. The highest BCUT2D eigenvalue weighted by atomic mass is 79.9. The lowest BCUT2D eigenvalue weighted by molar-refractivity contribution is -0.130. The molecular formula is C16H24BrN3O2. The average molecular weight is 370 g/mol. The van der Waals surface area contributed by atoms with Crippen LogP contribution >= 0.6 is 15.9 Å². The SMILES string of the molecule is CCCC(N)C(=O)NCCC(=O)N(C)Cc1ccccc1Br. The smallest absolute Gasteiger partial charge is 0.236 e. The van der Waals surface area contributed by atoms with Gasteiger partial charge in [-0.1, -0.05) is 47.5 Å². The Kier molecular flexibility index (Phi) is 8.12. The van der Waals surface area contributed by atoms with E-state index in [0.717, 1.165) is 16.5 Å². The van der Waals surface area contributed by atoms with Crippen molar-refractivity contribution in [3.63, 3.8) is 0 Å². The summed E-state index contributed by atoms with van der Waals surface area (Å²) in [6.07, 6.45) is 1.79. The molecule has 0 saturated carbocycles. The van der Waals surface area contributed by atoms with Crippen LogP contribution in [0.3, 0.4) is 0 Å². The number of benzene rings is 1. The van der Waals surface area contributed by atoms with E-state index in [4.69, 9.17) is 5.73 Å². The maximum absolute atomic E-state index is 12.1. The monoisotopic (exact) mass is 369 g/mol. The van der Waals surface area contributed by atoms with Gasteiger partial charge in [0.1, 0.15) is 0 Å². The van der Waals surface area contributed by atoms with Crippen molar-refractivity contribution < 1.29 is 9.59 Å². The lowest BCUT2D eigenvalue weighted by atomic mass is 10.1. The zero-order valence-corrected chi connectivity index (χ0v) is 14.7. The summed E-state index contributed by atoms with van der Waals surface area (Å²) in [5.41, 5.74) is 6.76. The number of hydrogen-bond donors (Lipinski definition) is 2. The number of amides is 2. The largest absolute Gasteiger partial charge is 0.354 e. The van der Waals surface area contributed by atoms with Crippen LogP contribution in [0.25, 0.3) is 0 Å². The number of carbonyl (C=O) groups excluding carboxylic acids is 2. The van der Waals surface area contributed by atoms with Crippen molar-refractivity contribution in [1.82, 2.24) is 10.2 Å². The molecule has 0 aromatic heterocycles. The Bertz CT molecular complexity index is 508. The molecule has 1 rings (SSSR count). The highest BCUT2D eigenvalue weighted by Gasteiger charge is 2.14.